The van der Waals surface area contributed by atoms with Gasteiger partial charge in [0.15, 0.2) is 49.4 Å². The van der Waals surface area contributed by atoms with E-state index in [2.05, 4.69) is 5.32 Å². The number of esters is 6. The second-order valence-electron chi connectivity index (χ2n) is 20.8. The molecule has 0 bridgehead atoms. The smallest absolute Gasteiger partial charge is 0.407 e. The molecule has 0 aliphatic carbocycles. The van der Waals surface area contributed by atoms with Crippen molar-refractivity contribution in [2.45, 2.75) is 177 Å². The summed E-state index contributed by atoms with van der Waals surface area (Å²) >= 11 is 18.0. The topological polar surface area (TPSA) is 281 Å². The Morgan fingerprint density at radius 1 is 0.542 bits per heavy atom. The van der Waals surface area contributed by atoms with Gasteiger partial charge in [-0.3, -0.25) is 28.8 Å². The maximum Gasteiger partial charge on any atom is 0.407 e. The molecule has 83 heavy (non-hydrogen) atoms. The number of hydrogen-bond donors (Lipinski definition) is 2. The number of carbonyl (C=O) groups is 7. The van der Waals surface area contributed by atoms with Crippen LogP contribution in [-0.4, -0.2) is 171 Å². The third kappa shape index (κ3) is 18.0. The first-order valence-electron chi connectivity index (χ1n) is 26.4. The first-order chi connectivity index (χ1) is 39.1. The van der Waals surface area contributed by atoms with Crippen LogP contribution in [0.15, 0.2) is 91.0 Å². The number of amides is 1. The molecule has 6 rings (SSSR count). The van der Waals surface area contributed by atoms with Gasteiger partial charge in [-0.25, -0.2) is 4.79 Å². The Balaban J connectivity index is 1.61. The van der Waals surface area contributed by atoms with Crippen molar-refractivity contribution >= 4 is 95.4 Å². The van der Waals surface area contributed by atoms with E-state index < -0.39 is 171 Å². The zero-order chi connectivity index (χ0) is 61.0. The number of carbonyl (C=O) groups excluding carboxylic acids is 7. The summed E-state index contributed by atoms with van der Waals surface area (Å²) in [4.78, 5) is 91.1. The second-order valence-corrected chi connectivity index (χ2v) is 27.6. The van der Waals surface area contributed by atoms with E-state index in [1.165, 1.54) is 6.92 Å². The molecule has 3 aliphatic heterocycles. The molecule has 0 unspecified atom stereocenters. The first kappa shape index (κ1) is 66.7. The van der Waals surface area contributed by atoms with Crippen LogP contribution in [0.4, 0.5) is 4.79 Å². The zero-order valence-electron chi connectivity index (χ0n) is 47.3. The summed E-state index contributed by atoms with van der Waals surface area (Å²) in [6, 6.07) is 25.8. The SMILES string of the molecule is CC(=O)OC[C@H]1O[C@H](O[C@H]2[C@H](O[C@@H]3O[C@@H](C)[C@@H](OC(C)=O)[C@@H](OC(C)=O)[C@@H]3OCc3ccccc3)[C@@H](NC(=O)OCC(Cl)(Cl)Cl)[C@@H](O)O[C@@H]2CO[Si](c2ccccc2)(c2ccccc2)C(C)(C)C)[C@H](OC(C)=O)[C@@H](OC(C)=O)[C@H]1OC(C)=O. The normalized spacial score (nSPS) is 28.3. The maximum atomic E-state index is 13.9. The molecule has 3 aliphatic rings. The highest BCUT2D eigenvalue weighted by Gasteiger charge is 2.60. The van der Waals surface area contributed by atoms with E-state index in [4.69, 9.17) is 101 Å². The number of ether oxygens (including phenoxy) is 13. The Kier molecular flexibility index (Phi) is 23.7. The molecule has 3 heterocycles. The van der Waals surface area contributed by atoms with Crippen molar-refractivity contribution in [2.75, 3.05) is 19.8 Å². The van der Waals surface area contributed by atoms with E-state index >= 15 is 0 Å². The number of aliphatic hydroxyl groups excluding tert-OH is 1. The summed E-state index contributed by atoms with van der Waals surface area (Å²) in [6.07, 6.45) is -24.6. The van der Waals surface area contributed by atoms with E-state index in [1.807, 2.05) is 81.4 Å². The highest BCUT2D eigenvalue weighted by Crippen LogP contribution is 2.41. The van der Waals surface area contributed by atoms with E-state index in [9.17, 15) is 38.7 Å². The maximum absolute atomic E-state index is 13.9. The van der Waals surface area contributed by atoms with Crippen LogP contribution in [0.2, 0.25) is 5.04 Å². The van der Waals surface area contributed by atoms with Crippen LogP contribution >= 0.6 is 34.8 Å². The average Bonchev–Trinajstić information content (AvgIpc) is 1.45. The number of aliphatic hydroxyl groups is 1. The van der Waals surface area contributed by atoms with Gasteiger partial charge in [-0.2, -0.15) is 0 Å². The molecule has 15 atom stereocenters. The van der Waals surface area contributed by atoms with Crippen LogP contribution in [0.25, 0.3) is 0 Å². The number of nitrogens with one attached hydrogen (secondary N) is 1. The van der Waals surface area contributed by atoms with Gasteiger partial charge < -0.3 is 76.4 Å². The van der Waals surface area contributed by atoms with Gasteiger partial charge in [-0.15, -0.1) is 0 Å². The predicted molar refractivity (Wildman–Crippen MR) is 295 cm³/mol. The number of benzene rings is 3. The minimum Gasteiger partial charge on any atom is -0.463 e. The fourth-order valence-corrected chi connectivity index (χ4v) is 14.9. The molecule has 3 fully saturated rings. The summed E-state index contributed by atoms with van der Waals surface area (Å²) < 4.78 is 84.8. The van der Waals surface area contributed by atoms with Crippen molar-refractivity contribution in [3.63, 3.8) is 0 Å². The molecule has 27 heteroatoms. The van der Waals surface area contributed by atoms with Gasteiger partial charge in [-0.05, 0) is 27.9 Å². The zero-order valence-corrected chi connectivity index (χ0v) is 50.6. The van der Waals surface area contributed by atoms with E-state index in [-0.39, 0.29) is 6.61 Å². The van der Waals surface area contributed by atoms with Gasteiger partial charge in [0.1, 0.15) is 49.8 Å². The van der Waals surface area contributed by atoms with Gasteiger partial charge in [0.2, 0.25) is 3.79 Å². The van der Waals surface area contributed by atoms with Gasteiger partial charge in [0, 0.05) is 41.5 Å². The van der Waals surface area contributed by atoms with Crippen molar-refractivity contribution in [1.82, 2.24) is 5.32 Å². The molecule has 0 saturated carbocycles. The standard InChI is InChI=1S/C56H70Cl3NO22Si/c1-30-43(74-32(3)62)47(76-34(5)64)49(70-26-37-20-14-11-15-21-37)52(73-30)82-46-42(60-54(68)71-29-56(57,58)59)51(67)79-41(28-72-83(55(8,9)10,38-22-16-12-17-23-38)39-24-18-13-19-25-39)44(46)81-53-50(78-36(7)66)48(77-35(6)65)45(75-33(4)63)40(80-53)27-69-31(2)61/h11-25,30,40-53,67H,26-29H2,1-10H3,(H,60,68)/t30-,40+,41+,42+,43+,44+,45-,46+,47+,48-,49-,50+,51-,52-,53+/m0/s1. The fourth-order valence-electron chi connectivity index (χ4n) is 10.1. The minimum absolute atomic E-state index is 0.186. The number of halogens is 3. The monoisotopic (exact) mass is 1240 g/mol. The van der Waals surface area contributed by atoms with Crippen LogP contribution in [0.1, 0.15) is 74.8 Å². The molecule has 3 saturated heterocycles. The predicted octanol–water partition coefficient (Wildman–Crippen LogP) is 4.79. The Bertz CT molecular complexity index is 2630. The largest absolute Gasteiger partial charge is 0.463 e. The molecule has 0 radical (unpaired) electrons. The number of alkyl carbamates (subject to hydrolysis) is 1. The van der Waals surface area contributed by atoms with Crippen LogP contribution in [0.3, 0.4) is 0 Å². The summed E-state index contributed by atoms with van der Waals surface area (Å²) in [5.74, 6) is -5.22. The molecule has 23 nitrogen and oxygen atoms in total. The van der Waals surface area contributed by atoms with Gasteiger partial charge in [0.25, 0.3) is 8.32 Å². The third-order valence-corrected chi connectivity index (χ3v) is 18.7. The summed E-state index contributed by atoms with van der Waals surface area (Å²) in [7, 11) is -3.58. The van der Waals surface area contributed by atoms with Crippen molar-refractivity contribution < 1.29 is 105 Å². The van der Waals surface area contributed by atoms with Crippen molar-refractivity contribution in [3.8, 4) is 0 Å². The molecular formula is C56H70Cl3NO22Si. The lowest BCUT2D eigenvalue weighted by Crippen LogP contribution is -2.71. The minimum atomic E-state index is -3.58. The van der Waals surface area contributed by atoms with Crippen LogP contribution in [0, 0.1) is 0 Å². The molecule has 2 N–H and O–H groups in total. The van der Waals surface area contributed by atoms with Crippen molar-refractivity contribution in [3.05, 3.63) is 96.6 Å². The van der Waals surface area contributed by atoms with Crippen molar-refractivity contribution in [1.29, 1.82) is 0 Å². The van der Waals surface area contributed by atoms with Crippen LogP contribution in [-0.2, 0) is 101 Å². The molecule has 3 aromatic rings. The Labute approximate surface area is 496 Å². The fraction of sp³-hybridized carbons (Fsp3) is 0.554. The summed E-state index contributed by atoms with van der Waals surface area (Å²) in [5.41, 5.74) is 0.624. The lowest BCUT2D eigenvalue weighted by molar-refractivity contribution is -0.373. The molecule has 456 valence electrons. The Hall–Kier alpha value is -5.48. The number of alkyl halides is 3. The lowest BCUT2D eigenvalue weighted by Gasteiger charge is -2.51. The van der Waals surface area contributed by atoms with Gasteiger partial charge >= 0.3 is 41.9 Å². The van der Waals surface area contributed by atoms with Crippen molar-refractivity contribution in [2.24, 2.45) is 0 Å². The van der Waals surface area contributed by atoms with E-state index in [0.717, 1.165) is 51.9 Å². The average molecular weight is 1240 g/mol. The Morgan fingerprint density at radius 3 is 1.51 bits per heavy atom. The van der Waals surface area contributed by atoms with E-state index in [1.54, 1.807) is 30.3 Å². The highest BCUT2D eigenvalue weighted by atomic mass is 35.6. The first-order valence-corrected chi connectivity index (χ1v) is 29.5. The molecule has 0 aromatic heterocycles. The van der Waals surface area contributed by atoms with Gasteiger partial charge in [0.05, 0.1) is 19.3 Å². The molecule has 0 spiro atoms. The molecule has 3 aromatic carbocycles. The molecule has 1 amide bonds. The van der Waals surface area contributed by atoms with E-state index in [0.29, 0.717) is 5.56 Å². The van der Waals surface area contributed by atoms with Crippen LogP contribution < -0.4 is 15.7 Å². The molecular weight excluding hydrogens is 1170 g/mol. The second kappa shape index (κ2) is 29.6. The summed E-state index contributed by atoms with van der Waals surface area (Å²) in [5, 5.41) is 15.9. The Morgan fingerprint density at radius 2 is 1.00 bits per heavy atom. The van der Waals surface area contributed by atoms with Gasteiger partial charge in [-0.1, -0.05) is 147 Å². The lowest BCUT2D eigenvalue weighted by atomic mass is 9.94. The summed E-state index contributed by atoms with van der Waals surface area (Å²) in [6.45, 7) is 11.9. The quantitative estimate of drug-likeness (QED) is 0.0627. The number of rotatable bonds is 21. The number of hydrogen-bond acceptors (Lipinski definition) is 22. The van der Waals surface area contributed by atoms with Crippen LogP contribution in [0.5, 0.6) is 0 Å². The third-order valence-electron chi connectivity index (χ3n) is 13.3. The highest BCUT2D eigenvalue weighted by molar-refractivity contribution is 6.99.